The SMILES string of the molecule is COc1cc2c(c(OC)c1)C(=O)O[C@H](C)CCCCCCCCCCCCC2. The van der Waals surface area contributed by atoms with Gasteiger partial charge in [0.15, 0.2) is 0 Å². The van der Waals surface area contributed by atoms with Gasteiger partial charge in [-0.1, -0.05) is 57.8 Å². The molecule has 4 heteroatoms. The minimum Gasteiger partial charge on any atom is -0.497 e. The van der Waals surface area contributed by atoms with E-state index in [2.05, 4.69) is 0 Å². The Morgan fingerprint density at radius 1 is 0.821 bits per heavy atom. The molecule has 0 spiro atoms. The van der Waals surface area contributed by atoms with Crippen LogP contribution in [0.1, 0.15) is 99.9 Å². The van der Waals surface area contributed by atoms with Crippen LogP contribution >= 0.6 is 0 Å². The number of fused-ring (bicyclic) bond motifs is 1. The van der Waals surface area contributed by atoms with Gasteiger partial charge < -0.3 is 14.2 Å². The normalized spacial score (nSPS) is 21.0. The molecule has 0 bridgehead atoms. The summed E-state index contributed by atoms with van der Waals surface area (Å²) < 4.78 is 16.7. The Morgan fingerprint density at radius 3 is 1.96 bits per heavy atom. The molecule has 0 saturated carbocycles. The van der Waals surface area contributed by atoms with Crippen molar-refractivity contribution in [3.8, 4) is 11.5 Å². The highest BCUT2D eigenvalue weighted by atomic mass is 16.5. The fraction of sp³-hybridized carbons (Fsp3) is 0.708. The van der Waals surface area contributed by atoms with Crippen molar-refractivity contribution < 1.29 is 19.0 Å². The Labute approximate surface area is 170 Å². The fourth-order valence-electron chi connectivity index (χ4n) is 3.99. The quantitative estimate of drug-likeness (QED) is 0.542. The molecule has 0 aromatic heterocycles. The first-order chi connectivity index (χ1) is 13.7. The minimum atomic E-state index is -0.275. The maximum absolute atomic E-state index is 12.9. The number of carbonyl (C=O) groups is 1. The summed E-state index contributed by atoms with van der Waals surface area (Å²) in [7, 11) is 3.24. The van der Waals surface area contributed by atoms with Crippen LogP contribution in [-0.4, -0.2) is 26.3 Å². The fourth-order valence-corrected chi connectivity index (χ4v) is 3.99. The van der Waals surface area contributed by atoms with Crippen molar-refractivity contribution in [1.82, 2.24) is 0 Å². The number of aryl methyl sites for hydroxylation is 1. The predicted molar refractivity (Wildman–Crippen MR) is 114 cm³/mol. The van der Waals surface area contributed by atoms with Gasteiger partial charge in [0.2, 0.25) is 0 Å². The zero-order valence-corrected chi connectivity index (χ0v) is 18.1. The molecule has 158 valence electrons. The molecule has 2 rings (SSSR count). The van der Waals surface area contributed by atoms with Gasteiger partial charge in [-0.2, -0.15) is 0 Å². The molecule has 1 aromatic rings. The highest BCUT2D eigenvalue weighted by Crippen LogP contribution is 2.31. The molecule has 1 atom stereocenters. The number of carbonyl (C=O) groups excluding carboxylic acids is 1. The highest BCUT2D eigenvalue weighted by Gasteiger charge is 2.22. The third-order valence-corrected chi connectivity index (χ3v) is 5.68. The van der Waals surface area contributed by atoms with Gasteiger partial charge in [-0.15, -0.1) is 0 Å². The first-order valence-corrected chi connectivity index (χ1v) is 11.1. The Kier molecular flexibility index (Phi) is 10.2. The standard InChI is InChI=1S/C24H38O4/c1-19-15-13-11-9-7-5-4-6-8-10-12-14-16-20-17-21(26-2)18-22(27-3)23(20)24(25)28-19/h17-19H,4-16H2,1-3H3/t19-/m1/s1. The van der Waals surface area contributed by atoms with E-state index in [0.29, 0.717) is 11.3 Å². The van der Waals surface area contributed by atoms with E-state index in [4.69, 9.17) is 14.2 Å². The summed E-state index contributed by atoms with van der Waals surface area (Å²) in [5.41, 5.74) is 1.53. The lowest BCUT2D eigenvalue weighted by atomic mass is 9.98. The number of esters is 1. The second kappa shape index (κ2) is 12.7. The molecule has 1 aliphatic heterocycles. The van der Waals surface area contributed by atoms with E-state index in [0.717, 1.165) is 37.0 Å². The molecule has 0 saturated heterocycles. The average Bonchev–Trinajstić information content (AvgIpc) is 2.69. The van der Waals surface area contributed by atoms with E-state index in [-0.39, 0.29) is 12.1 Å². The summed E-state index contributed by atoms with van der Waals surface area (Å²) in [5.74, 6) is 0.989. The van der Waals surface area contributed by atoms with Crippen molar-refractivity contribution in [2.24, 2.45) is 0 Å². The van der Waals surface area contributed by atoms with Gasteiger partial charge in [0, 0.05) is 6.07 Å². The van der Waals surface area contributed by atoms with E-state index >= 15 is 0 Å². The molecule has 0 unspecified atom stereocenters. The van der Waals surface area contributed by atoms with Crippen LogP contribution in [0.5, 0.6) is 11.5 Å². The number of ether oxygens (including phenoxy) is 3. The summed E-state index contributed by atoms with van der Waals surface area (Å²) in [6.45, 7) is 1.99. The lowest BCUT2D eigenvalue weighted by Gasteiger charge is -2.18. The van der Waals surface area contributed by atoms with E-state index in [1.165, 1.54) is 57.8 Å². The van der Waals surface area contributed by atoms with Gasteiger partial charge in [0.05, 0.1) is 20.3 Å². The second-order valence-corrected chi connectivity index (χ2v) is 8.01. The van der Waals surface area contributed by atoms with Crippen molar-refractivity contribution in [2.75, 3.05) is 14.2 Å². The number of methoxy groups -OCH3 is 2. The summed E-state index contributed by atoms with van der Waals surface area (Å²) in [6.07, 6.45) is 15.5. The average molecular weight is 391 g/mol. The summed E-state index contributed by atoms with van der Waals surface area (Å²) in [6, 6.07) is 3.73. The van der Waals surface area contributed by atoms with Crippen LogP contribution in [0.2, 0.25) is 0 Å². The molecule has 0 radical (unpaired) electrons. The van der Waals surface area contributed by atoms with Gasteiger partial charge in [-0.25, -0.2) is 4.79 Å². The van der Waals surface area contributed by atoms with E-state index in [1.807, 2.05) is 13.0 Å². The molecule has 4 nitrogen and oxygen atoms in total. The second-order valence-electron chi connectivity index (χ2n) is 8.01. The van der Waals surface area contributed by atoms with Crippen molar-refractivity contribution in [3.05, 3.63) is 23.3 Å². The highest BCUT2D eigenvalue weighted by molar-refractivity contribution is 5.94. The maximum atomic E-state index is 12.9. The largest absolute Gasteiger partial charge is 0.497 e. The van der Waals surface area contributed by atoms with Gasteiger partial charge >= 0.3 is 5.97 Å². The molecule has 1 aromatic carbocycles. The van der Waals surface area contributed by atoms with E-state index in [1.54, 1.807) is 20.3 Å². The lowest BCUT2D eigenvalue weighted by Crippen LogP contribution is -2.17. The molecule has 28 heavy (non-hydrogen) atoms. The molecule has 0 aliphatic carbocycles. The smallest absolute Gasteiger partial charge is 0.342 e. The molecule has 0 N–H and O–H groups in total. The number of cyclic esters (lactones) is 1. The Balaban J connectivity index is 2.16. The summed E-state index contributed by atoms with van der Waals surface area (Å²) in [4.78, 5) is 12.9. The Bertz CT molecular complexity index is 597. The van der Waals surface area contributed by atoms with E-state index in [9.17, 15) is 4.79 Å². The third-order valence-electron chi connectivity index (χ3n) is 5.68. The van der Waals surface area contributed by atoms with Gasteiger partial charge in [0.1, 0.15) is 17.1 Å². The Morgan fingerprint density at radius 2 is 1.39 bits per heavy atom. The number of rotatable bonds is 2. The van der Waals surface area contributed by atoms with Crippen LogP contribution in [0.15, 0.2) is 12.1 Å². The predicted octanol–water partition coefficient (Wildman–Crippen LogP) is 6.49. The van der Waals surface area contributed by atoms with Gasteiger partial charge in [-0.05, 0) is 44.2 Å². The first-order valence-electron chi connectivity index (χ1n) is 11.1. The topological polar surface area (TPSA) is 44.8 Å². The lowest BCUT2D eigenvalue weighted by molar-refractivity contribution is 0.0314. The van der Waals surface area contributed by atoms with Crippen LogP contribution < -0.4 is 9.47 Å². The van der Waals surface area contributed by atoms with Crippen LogP contribution in [0.4, 0.5) is 0 Å². The number of hydrogen-bond donors (Lipinski definition) is 0. The summed E-state index contributed by atoms with van der Waals surface area (Å²) >= 11 is 0. The van der Waals surface area contributed by atoms with Crippen molar-refractivity contribution in [1.29, 1.82) is 0 Å². The van der Waals surface area contributed by atoms with Crippen LogP contribution in [0, 0.1) is 0 Å². The number of hydrogen-bond acceptors (Lipinski definition) is 4. The monoisotopic (exact) mass is 390 g/mol. The molecule has 0 amide bonds. The van der Waals surface area contributed by atoms with Crippen LogP contribution in [0.25, 0.3) is 0 Å². The molecule has 0 fully saturated rings. The molecule has 1 heterocycles. The first kappa shape index (κ1) is 22.6. The van der Waals surface area contributed by atoms with Crippen molar-refractivity contribution in [2.45, 2.75) is 96.5 Å². The Hall–Kier alpha value is -1.71. The molecular formula is C24H38O4. The minimum absolute atomic E-state index is 0.0777. The molecule has 1 aliphatic rings. The van der Waals surface area contributed by atoms with Crippen LogP contribution in [0.3, 0.4) is 0 Å². The summed E-state index contributed by atoms with van der Waals surface area (Å²) in [5, 5.41) is 0. The molecular weight excluding hydrogens is 352 g/mol. The van der Waals surface area contributed by atoms with Gasteiger partial charge in [-0.3, -0.25) is 0 Å². The van der Waals surface area contributed by atoms with Crippen LogP contribution in [-0.2, 0) is 11.2 Å². The number of benzene rings is 1. The zero-order valence-electron chi connectivity index (χ0n) is 18.1. The van der Waals surface area contributed by atoms with Crippen molar-refractivity contribution >= 4 is 5.97 Å². The zero-order chi connectivity index (χ0) is 20.2. The van der Waals surface area contributed by atoms with E-state index < -0.39 is 0 Å². The maximum Gasteiger partial charge on any atom is 0.342 e. The third kappa shape index (κ3) is 7.37. The van der Waals surface area contributed by atoms with Crippen molar-refractivity contribution in [3.63, 3.8) is 0 Å². The van der Waals surface area contributed by atoms with Gasteiger partial charge in [0.25, 0.3) is 0 Å².